The topological polar surface area (TPSA) is 80.8 Å². The predicted octanol–water partition coefficient (Wildman–Crippen LogP) is 3.08. The number of alkyl halides is 3. The number of nitrogens with zero attached hydrogens (tertiary/aromatic N) is 1. The van der Waals surface area contributed by atoms with Crippen molar-refractivity contribution in [1.82, 2.24) is 4.90 Å². The summed E-state index contributed by atoms with van der Waals surface area (Å²) in [7, 11) is -3.29. The number of carbonyl (C=O) groups excluding carboxylic acids is 2. The van der Waals surface area contributed by atoms with Crippen molar-refractivity contribution in [1.29, 1.82) is 0 Å². The molecule has 0 radical (unpaired) electrons. The molecule has 0 bridgehead atoms. The Bertz CT molecular complexity index is 1050. The van der Waals surface area contributed by atoms with E-state index in [4.69, 9.17) is 4.74 Å². The van der Waals surface area contributed by atoms with Gasteiger partial charge in [0.2, 0.25) is 0 Å². The summed E-state index contributed by atoms with van der Waals surface area (Å²) in [5, 5.41) is 0. The highest BCUT2D eigenvalue weighted by molar-refractivity contribution is 7.91. The number of esters is 1. The quantitative estimate of drug-likeness (QED) is 0.626. The molecule has 1 amide bonds. The number of amides is 1. The molecule has 0 aliphatic carbocycles. The number of halogens is 3. The molecule has 2 aromatic carbocycles. The Labute approximate surface area is 177 Å². The Morgan fingerprint density at radius 2 is 1.68 bits per heavy atom. The molecule has 1 aliphatic heterocycles. The third-order valence-electron chi connectivity index (χ3n) is 4.94. The van der Waals surface area contributed by atoms with Crippen molar-refractivity contribution < 1.29 is 35.9 Å². The minimum atomic E-state index is -4.75. The van der Waals surface area contributed by atoms with E-state index in [2.05, 4.69) is 0 Å². The molecule has 31 heavy (non-hydrogen) atoms. The molecule has 0 N–H and O–H groups in total. The minimum Gasteiger partial charge on any atom is -0.452 e. The zero-order valence-electron chi connectivity index (χ0n) is 16.3. The maximum Gasteiger partial charge on any atom is 0.417 e. The van der Waals surface area contributed by atoms with Gasteiger partial charge in [0.25, 0.3) is 5.91 Å². The predicted molar refractivity (Wildman–Crippen MR) is 106 cm³/mol. The van der Waals surface area contributed by atoms with Gasteiger partial charge in [-0.1, -0.05) is 42.5 Å². The molecule has 166 valence electrons. The molecule has 0 spiro atoms. The Kier molecular flexibility index (Phi) is 6.68. The minimum absolute atomic E-state index is 0.0605. The van der Waals surface area contributed by atoms with Crippen molar-refractivity contribution in [2.45, 2.75) is 25.2 Å². The number of rotatable bonds is 6. The molecular weight excluding hydrogens is 435 g/mol. The first-order valence-corrected chi connectivity index (χ1v) is 11.3. The average molecular weight is 455 g/mol. The van der Waals surface area contributed by atoms with Crippen LogP contribution in [0.5, 0.6) is 0 Å². The van der Waals surface area contributed by atoms with E-state index in [0.29, 0.717) is 0 Å². The highest BCUT2D eigenvalue weighted by Gasteiger charge is 2.37. The van der Waals surface area contributed by atoms with E-state index in [1.807, 2.05) is 0 Å². The van der Waals surface area contributed by atoms with Crippen LogP contribution in [0.4, 0.5) is 13.2 Å². The van der Waals surface area contributed by atoms with Crippen LogP contribution in [0.25, 0.3) is 0 Å². The van der Waals surface area contributed by atoms with Crippen molar-refractivity contribution in [2.24, 2.45) is 0 Å². The van der Waals surface area contributed by atoms with E-state index >= 15 is 0 Å². The van der Waals surface area contributed by atoms with Crippen LogP contribution in [-0.4, -0.2) is 49.3 Å². The highest BCUT2D eigenvalue weighted by atomic mass is 32.2. The number of benzene rings is 2. The largest absolute Gasteiger partial charge is 0.452 e. The number of hydrogen-bond donors (Lipinski definition) is 0. The molecule has 0 aromatic heterocycles. The van der Waals surface area contributed by atoms with Crippen LogP contribution >= 0.6 is 0 Å². The standard InChI is InChI=1S/C21H20F3NO5S/c22-21(23,24)18-9-5-4-8-17(18)20(27)30-13-19(26)25(12-15-6-2-1-3-7-15)16-10-11-31(28,29)14-16/h1-9,16H,10-14H2/t16-/m0/s1. The molecule has 1 saturated heterocycles. The highest BCUT2D eigenvalue weighted by Crippen LogP contribution is 2.32. The average Bonchev–Trinajstić information content (AvgIpc) is 3.09. The van der Waals surface area contributed by atoms with E-state index in [9.17, 15) is 31.2 Å². The van der Waals surface area contributed by atoms with Gasteiger partial charge >= 0.3 is 12.1 Å². The molecule has 6 nitrogen and oxygen atoms in total. The summed E-state index contributed by atoms with van der Waals surface area (Å²) in [6.45, 7) is -0.703. The number of sulfone groups is 1. The lowest BCUT2D eigenvalue weighted by molar-refractivity contribution is -0.138. The van der Waals surface area contributed by atoms with Crippen molar-refractivity contribution in [2.75, 3.05) is 18.1 Å². The van der Waals surface area contributed by atoms with Crippen molar-refractivity contribution in [3.63, 3.8) is 0 Å². The molecule has 10 heteroatoms. The van der Waals surface area contributed by atoms with Gasteiger partial charge in [0.05, 0.1) is 22.6 Å². The number of ether oxygens (including phenoxy) is 1. The first-order chi connectivity index (χ1) is 14.6. The maximum absolute atomic E-state index is 13.1. The molecule has 1 atom stereocenters. The van der Waals surface area contributed by atoms with Crippen molar-refractivity contribution >= 4 is 21.7 Å². The van der Waals surface area contributed by atoms with E-state index < -0.39 is 51.7 Å². The van der Waals surface area contributed by atoms with Crippen LogP contribution in [-0.2, 0) is 32.1 Å². The van der Waals surface area contributed by atoms with Crippen molar-refractivity contribution in [3.05, 3.63) is 71.3 Å². The molecule has 1 aliphatic rings. The molecule has 0 unspecified atom stereocenters. The van der Waals surface area contributed by atoms with Gasteiger partial charge < -0.3 is 9.64 Å². The van der Waals surface area contributed by atoms with Crippen LogP contribution in [0.3, 0.4) is 0 Å². The van der Waals surface area contributed by atoms with Gasteiger partial charge in [0.1, 0.15) is 0 Å². The summed E-state index contributed by atoms with van der Waals surface area (Å²) in [6.07, 6.45) is -4.51. The second-order valence-electron chi connectivity index (χ2n) is 7.18. The second kappa shape index (κ2) is 9.09. The maximum atomic E-state index is 13.1. The van der Waals surface area contributed by atoms with Crippen molar-refractivity contribution in [3.8, 4) is 0 Å². The Balaban J connectivity index is 1.74. The molecule has 3 rings (SSSR count). The molecular formula is C21H20F3NO5S. The summed E-state index contributed by atoms with van der Waals surface area (Å²) in [4.78, 5) is 26.3. The lowest BCUT2D eigenvalue weighted by Gasteiger charge is -2.28. The van der Waals surface area contributed by atoms with Crippen LogP contribution in [0, 0.1) is 0 Å². The Morgan fingerprint density at radius 3 is 2.29 bits per heavy atom. The van der Waals surface area contributed by atoms with Crippen LogP contribution < -0.4 is 0 Å². The zero-order valence-corrected chi connectivity index (χ0v) is 17.2. The van der Waals surface area contributed by atoms with E-state index in [1.165, 1.54) is 11.0 Å². The zero-order chi connectivity index (χ0) is 22.6. The third kappa shape index (κ3) is 5.84. The van der Waals surface area contributed by atoms with E-state index in [1.54, 1.807) is 30.3 Å². The lowest BCUT2D eigenvalue weighted by Crippen LogP contribution is -2.42. The smallest absolute Gasteiger partial charge is 0.417 e. The van der Waals surface area contributed by atoms with E-state index in [0.717, 1.165) is 23.8 Å². The Morgan fingerprint density at radius 1 is 1.03 bits per heavy atom. The first kappa shape index (κ1) is 22.8. The number of carbonyl (C=O) groups is 2. The van der Waals surface area contributed by atoms with Gasteiger partial charge in [-0.25, -0.2) is 13.2 Å². The summed E-state index contributed by atoms with van der Waals surface area (Å²) in [5.74, 6) is -2.23. The van der Waals surface area contributed by atoms with Gasteiger partial charge in [-0.05, 0) is 24.1 Å². The second-order valence-corrected chi connectivity index (χ2v) is 9.41. The fourth-order valence-electron chi connectivity index (χ4n) is 3.42. The SMILES string of the molecule is O=C(OCC(=O)N(Cc1ccccc1)[C@H]1CCS(=O)(=O)C1)c1ccccc1C(F)(F)F. The van der Waals surface area contributed by atoms with Crippen LogP contribution in [0.1, 0.15) is 27.9 Å². The fourth-order valence-corrected chi connectivity index (χ4v) is 5.15. The molecule has 1 heterocycles. The monoisotopic (exact) mass is 455 g/mol. The van der Waals surface area contributed by atoms with Gasteiger partial charge in [-0.15, -0.1) is 0 Å². The summed E-state index contributed by atoms with van der Waals surface area (Å²) in [6, 6.07) is 12.4. The first-order valence-electron chi connectivity index (χ1n) is 9.44. The van der Waals surface area contributed by atoms with Gasteiger partial charge in [-0.2, -0.15) is 13.2 Å². The number of hydrogen-bond acceptors (Lipinski definition) is 5. The van der Waals surface area contributed by atoms with Crippen LogP contribution in [0.2, 0.25) is 0 Å². The van der Waals surface area contributed by atoms with Gasteiger partial charge in [0, 0.05) is 12.6 Å². The normalized spacial score (nSPS) is 17.8. The Hall–Kier alpha value is -2.88. The molecule has 1 fully saturated rings. The third-order valence-corrected chi connectivity index (χ3v) is 6.69. The van der Waals surface area contributed by atoms with Gasteiger partial charge in [-0.3, -0.25) is 4.79 Å². The van der Waals surface area contributed by atoms with E-state index in [-0.39, 0.29) is 24.5 Å². The summed E-state index contributed by atoms with van der Waals surface area (Å²) in [5.41, 5.74) is -1.11. The lowest BCUT2D eigenvalue weighted by atomic mass is 10.1. The van der Waals surface area contributed by atoms with Gasteiger partial charge in [0.15, 0.2) is 16.4 Å². The molecule has 2 aromatic rings. The fraction of sp³-hybridized carbons (Fsp3) is 0.333. The molecule has 0 saturated carbocycles. The summed E-state index contributed by atoms with van der Waals surface area (Å²) >= 11 is 0. The van der Waals surface area contributed by atoms with Crippen LogP contribution in [0.15, 0.2) is 54.6 Å². The summed E-state index contributed by atoms with van der Waals surface area (Å²) < 4.78 is 68.0.